The molecule has 2 heterocycles. The smallest absolute Gasteiger partial charge is 0.149 e. The Morgan fingerprint density at radius 1 is 0.923 bits per heavy atom. The van der Waals surface area contributed by atoms with Crippen LogP contribution in [0.1, 0.15) is 17.3 Å². The van der Waals surface area contributed by atoms with Crippen LogP contribution in [0.2, 0.25) is 0 Å². The maximum Gasteiger partial charge on any atom is 0.149 e. The molecule has 0 spiro atoms. The number of benzene rings is 2. The number of halogens is 1. The Morgan fingerprint density at radius 3 is 2.54 bits per heavy atom. The second kappa shape index (κ2) is 6.67. The van der Waals surface area contributed by atoms with Gasteiger partial charge in [0.15, 0.2) is 0 Å². The van der Waals surface area contributed by atoms with Crippen LogP contribution in [0.25, 0.3) is 22.2 Å². The molecule has 4 rings (SSSR count). The number of fused-ring (bicyclic) bond motifs is 1. The summed E-state index contributed by atoms with van der Waals surface area (Å²) < 4.78 is 16.1. The molecule has 0 unspecified atom stereocenters. The van der Waals surface area contributed by atoms with Crippen molar-refractivity contribution >= 4 is 10.9 Å². The lowest BCUT2D eigenvalue weighted by Crippen LogP contribution is -2.04. The van der Waals surface area contributed by atoms with E-state index in [9.17, 15) is 4.39 Å². The maximum absolute atomic E-state index is 14.1. The van der Waals surface area contributed by atoms with E-state index in [0.717, 1.165) is 34.6 Å². The number of aromatic nitrogens is 4. The minimum atomic E-state index is -0.308. The van der Waals surface area contributed by atoms with E-state index in [1.807, 2.05) is 42.1 Å². The highest BCUT2D eigenvalue weighted by molar-refractivity contribution is 5.81. The third kappa shape index (κ3) is 3.08. The molecule has 4 nitrogen and oxygen atoms in total. The first-order valence-corrected chi connectivity index (χ1v) is 8.61. The summed E-state index contributed by atoms with van der Waals surface area (Å²) in [6, 6.07) is 15.1. The van der Waals surface area contributed by atoms with Crippen molar-refractivity contribution in [1.29, 1.82) is 0 Å². The van der Waals surface area contributed by atoms with Crippen LogP contribution in [-0.2, 0) is 19.9 Å². The average Bonchev–Trinajstić information content (AvgIpc) is 3.02. The van der Waals surface area contributed by atoms with Gasteiger partial charge in [-0.05, 0) is 19.4 Å². The Morgan fingerprint density at radius 2 is 1.73 bits per heavy atom. The largest absolute Gasteiger partial charge is 0.337 e. The van der Waals surface area contributed by atoms with Crippen LogP contribution >= 0.6 is 0 Å². The predicted octanol–water partition coefficient (Wildman–Crippen LogP) is 4.26. The lowest BCUT2D eigenvalue weighted by atomic mass is 10.1. The van der Waals surface area contributed by atoms with Gasteiger partial charge in [0.2, 0.25) is 0 Å². The number of hydrogen-bond acceptors (Lipinski definition) is 3. The van der Waals surface area contributed by atoms with Crippen molar-refractivity contribution in [3.05, 3.63) is 77.9 Å². The molecule has 0 aliphatic heterocycles. The maximum atomic E-state index is 14.1. The molecule has 0 fully saturated rings. The summed E-state index contributed by atoms with van der Waals surface area (Å²) in [7, 11) is 2.00. The molecule has 26 heavy (non-hydrogen) atoms. The van der Waals surface area contributed by atoms with Crippen molar-refractivity contribution in [3.8, 4) is 11.3 Å². The summed E-state index contributed by atoms with van der Waals surface area (Å²) >= 11 is 0. The lowest BCUT2D eigenvalue weighted by molar-refractivity contribution is 0.635. The first-order valence-electron chi connectivity index (χ1n) is 8.61. The molecule has 0 bridgehead atoms. The Bertz CT molecular complexity index is 1070. The van der Waals surface area contributed by atoms with Gasteiger partial charge in [-0.1, -0.05) is 42.5 Å². The topological polar surface area (TPSA) is 43.6 Å². The zero-order valence-corrected chi connectivity index (χ0v) is 14.8. The number of para-hydroxylation sites is 1. The summed E-state index contributed by atoms with van der Waals surface area (Å²) in [4.78, 5) is 13.5. The van der Waals surface area contributed by atoms with Crippen LogP contribution in [-0.4, -0.2) is 19.5 Å². The van der Waals surface area contributed by atoms with Crippen molar-refractivity contribution in [2.24, 2.45) is 7.05 Å². The van der Waals surface area contributed by atoms with Crippen molar-refractivity contribution in [3.63, 3.8) is 0 Å². The second-order valence-electron chi connectivity index (χ2n) is 6.37. The summed E-state index contributed by atoms with van der Waals surface area (Å²) in [5, 5.41) is 0.771. The number of aryl methyl sites for hydroxylation is 4. The highest BCUT2D eigenvalue weighted by atomic mass is 19.1. The molecule has 0 saturated carbocycles. The SMILES string of the molecule is Cc1nc(CCc2nc(-c3ccccc3)cn2C)c2cccc(F)c2n1. The molecule has 0 radical (unpaired) electrons. The highest BCUT2D eigenvalue weighted by Crippen LogP contribution is 2.22. The van der Waals surface area contributed by atoms with Gasteiger partial charge in [-0.25, -0.2) is 19.3 Å². The van der Waals surface area contributed by atoms with Gasteiger partial charge in [0.25, 0.3) is 0 Å². The molecule has 0 saturated heterocycles. The molecule has 0 aliphatic carbocycles. The van der Waals surface area contributed by atoms with Crippen LogP contribution in [0.3, 0.4) is 0 Å². The van der Waals surface area contributed by atoms with Crippen LogP contribution in [0.5, 0.6) is 0 Å². The van der Waals surface area contributed by atoms with Crippen molar-refractivity contribution < 1.29 is 4.39 Å². The highest BCUT2D eigenvalue weighted by Gasteiger charge is 2.12. The molecule has 2 aromatic carbocycles. The van der Waals surface area contributed by atoms with E-state index in [0.29, 0.717) is 17.8 Å². The third-order valence-corrected chi connectivity index (χ3v) is 4.50. The van der Waals surface area contributed by atoms with E-state index < -0.39 is 0 Å². The van der Waals surface area contributed by atoms with Crippen LogP contribution in [0.15, 0.2) is 54.7 Å². The molecule has 0 atom stereocenters. The van der Waals surface area contributed by atoms with Gasteiger partial charge in [-0.3, -0.25) is 0 Å². The number of imidazole rings is 1. The molecule has 5 heteroatoms. The van der Waals surface area contributed by atoms with E-state index in [2.05, 4.69) is 22.1 Å². The normalized spacial score (nSPS) is 11.2. The van der Waals surface area contributed by atoms with Gasteiger partial charge in [0.1, 0.15) is 23.0 Å². The van der Waals surface area contributed by atoms with Crippen LogP contribution in [0, 0.1) is 12.7 Å². The molecule has 130 valence electrons. The Labute approximate surface area is 151 Å². The first-order chi connectivity index (χ1) is 12.6. The van der Waals surface area contributed by atoms with Crippen molar-refractivity contribution in [2.45, 2.75) is 19.8 Å². The Hall–Kier alpha value is -3.08. The molecule has 0 N–H and O–H groups in total. The number of hydrogen-bond donors (Lipinski definition) is 0. The van der Waals surface area contributed by atoms with Crippen LogP contribution in [0.4, 0.5) is 4.39 Å². The van der Waals surface area contributed by atoms with Gasteiger partial charge < -0.3 is 4.57 Å². The molecule has 2 aromatic heterocycles. The van der Waals surface area contributed by atoms with Crippen molar-refractivity contribution in [1.82, 2.24) is 19.5 Å². The van der Waals surface area contributed by atoms with Gasteiger partial charge in [-0.2, -0.15) is 0 Å². The number of nitrogens with zero attached hydrogens (tertiary/aromatic N) is 4. The summed E-state index contributed by atoms with van der Waals surface area (Å²) in [5.41, 5.74) is 3.30. The predicted molar refractivity (Wildman–Crippen MR) is 100 cm³/mol. The second-order valence-corrected chi connectivity index (χ2v) is 6.37. The molecule has 0 aliphatic rings. The van der Waals surface area contributed by atoms with Crippen LogP contribution < -0.4 is 0 Å². The van der Waals surface area contributed by atoms with E-state index in [4.69, 9.17) is 4.98 Å². The zero-order chi connectivity index (χ0) is 18.1. The molecular weight excluding hydrogens is 327 g/mol. The molecule has 0 amide bonds. The summed E-state index contributed by atoms with van der Waals surface area (Å²) in [6.45, 7) is 1.80. The van der Waals surface area contributed by atoms with Gasteiger partial charge >= 0.3 is 0 Å². The van der Waals surface area contributed by atoms with E-state index in [-0.39, 0.29) is 5.82 Å². The Balaban J connectivity index is 1.63. The summed E-state index contributed by atoms with van der Waals surface area (Å²) in [6.07, 6.45) is 3.45. The standard InChI is InChI=1S/C21H19FN4/c1-14-23-18(16-9-6-10-17(22)21(16)24-14)11-12-20-25-19(13-26(20)2)15-7-4-3-5-8-15/h3-10,13H,11-12H2,1-2H3. The third-order valence-electron chi connectivity index (χ3n) is 4.50. The van der Waals surface area contributed by atoms with Gasteiger partial charge in [0, 0.05) is 30.6 Å². The number of rotatable bonds is 4. The monoisotopic (exact) mass is 346 g/mol. The fraction of sp³-hybridized carbons (Fsp3) is 0.190. The minimum absolute atomic E-state index is 0.308. The first kappa shape index (κ1) is 16.4. The van der Waals surface area contributed by atoms with E-state index in [1.54, 1.807) is 13.0 Å². The average molecular weight is 346 g/mol. The molecular formula is C21H19FN4. The zero-order valence-electron chi connectivity index (χ0n) is 14.8. The van der Waals surface area contributed by atoms with E-state index >= 15 is 0 Å². The fourth-order valence-electron chi connectivity index (χ4n) is 3.21. The fourth-order valence-corrected chi connectivity index (χ4v) is 3.21. The van der Waals surface area contributed by atoms with Gasteiger partial charge in [0.05, 0.1) is 11.4 Å². The van der Waals surface area contributed by atoms with E-state index in [1.165, 1.54) is 6.07 Å². The summed E-state index contributed by atoms with van der Waals surface area (Å²) in [5.74, 6) is 1.25. The molecule has 4 aromatic rings. The van der Waals surface area contributed by atoms with Gasteiger partial charge in [-0.15, -0.1) is 0 Å². The lowest BCUT2D eigenvalue weighted by Gasteiger charge is -2.07. The Kier molecular flexibility index (Phi) is 4.21. The quantitative estimate of drug-likeness (QED) is 0.554. The minimum Gasteiger partial charge on any atom is -0.337 e. The van der Waals surface area contributed by atoms with Crippen molar-refractivity contribution in [2.75, 3.05) is 0 Å².